The Balaban J connectivity index is 1.76. The highest BCUT2D eigenvalue weighted by molar-refractivity contribution is 5.88. The molecule has 2 N–H and O–H groups in total. The van der Waals surface area contributed by atoms with Crippen molar-refractivity contribution in [3.8, 4) is 0 Å². The SMILES string of the molecule is CC(=O)Nc1ccc(CC(=O)NC[C@@H]2CCCO2)cc1. The number of nitrogens with one attached hydrogen (secondary N) is 2. The van der Waals surface area contributed by atoms with Crippen molar-refractivity contribution < 1.29 is 14.3 Å². The summed E-state index contributed by atoms with van der Waals surface area (Å²) >= 11 is 0. The molecule has 1 saturated heterocycles. The van der Waals surface area contributed by atoms with Gasteiger partial charge in [0, 0.05) is 25.8 Å². The molecule has 5 nitrogen and oxygen atoms in total. The smallest absolute Gasteiger partial charge is 0.224 e. The fraction of sp³-hybridized carbons (Fsp3) is 0.467. The van der Waals surface area contributed by atoms with Gasteiger partial charge in [-0.25, -0.2) is 0 Å². The molecule has 0 spiro atoms. The van der Waals surface area contributed by atoms with Crippen molar-refractivity contribution in [3.05, 3.63) is 29.8 Å². The third-order valence-corrected chi connectivity index (χ3v) is 3.19. The first-order valence-electron chi connectivity index (χ1n) is 6.88. The van der Waals surface area contributed by atoms with Gasteiger partial charge in [0.2, 0.25) is 11.8 Å². The number of benzene rings is 1. The van der Waals surface area contributed by atoms with Gasteiger partial charge in [0.15, 0.2) is 0 Å². The van der Waals surface area contributed by atoms with Crippen molar-refractivity contribution in [2.24, 2.45) is 0 Å². The minimum atomic E-state index is -0.105. The van der Waals surface area contributed by atoms with Crippen molar-refractivity contribution in [3.63, 3.8) is 0 Å². The van der Waals surface area contributed by atoms with E-state index in [1.807, 2.05) is 12.1 Å². The lowest BCUT2D eigenvalue weighted by Crippen LogP contribution is -2.32. The molecule has 1 aliphatic heterocycles. The summed E-state index contributed by atoms with van der Waals surface area (Å²) in [6.07, 6.45) is 2.60. The molecule has 0 aromatic heterocycles. The monoisotopic (exact) mass is 276 g/mol. The van der Waals surface area contributed by atoms with Crippen molar-refractivity contribution in [2.45, 2.75) is 32.3 Å². The highest BCUT2D eigenvalue weighted by atomic mass is 16.5. The van der Waals surface area contributed by atoms with Gasteiger partial charge in [0.05, 0.1) is 12.5 Å². The van der Waals surface area contributed by atoms with E-state index in [-0.39, 0.29) is 17.9 Å². The Morgan fingerprint density at radius 1 is 1.30 bits per heavy atom. The Morgan fingerprint density at radius 2 is 2.05 bits per heavy atom. The molecule has 0 saturated carbocycles. The zero-order valence-corrected chi connectivity index (χ0v) is 11.6. The molecule has 1 aromatic rings. The van der Waals surface area contributed by atoms with E-state index in [1.54, 1.807) is 12.1 Å². The Kier molecular flexibility index (Phi) is 5.12. The second kappa shape index (κ2) is 7.05. The lowest BCUT2D eigenvalue weighted by molar-refractivity contribution is -0.121. The van der Waals surface area contributed by atoms with Crippen LogP contribution in [0.15, 0.2) is 24.3 Å². The van der Waals surface area contributed by atoms with Gasteiger partial charge in [0.1, 0.15) is 0 Å². The van der Waals surface area contributed by atoms with Crippen molar-refractivity contribution in [1.82, 2.24) is 5.32 Å². The molecule has 1 fully saturated rings. The fourth-order valence-electron chi connectivity index (χ4n) is 2.19. The lowest BCUT2D eigenvalue weighted by Gasteiger charge is -2.11. The average Bonchev–Trinajstić information content (AvgIpc) is 2.91. The predicted octanol–water partition coefficient (Wildman–Crippen LogP) is 1.48. The summed E-state index contributed by atoms with van der Waals surface area (Å²) in [7, 11) is 0. The maximum Gasteiger partial charge on any atom is 0.224 e. The molecular formula is C15H20N2O3. The number of anilines is 1. The van der Waals surface area contributed by atoms with Gasteiger partial charge in [-0.2, -0.15) is 0 Å². The first-order valence-corrected chi connectivity index (χ1v) is 6.88. The van der Waals surface area contributed by atoms with E-state index in [1.165, 1.54) is 6.92 Å². The van der Waals surface area contributed by atoms with Gasteiger partial charge >= 0.3 is 0 Å². The molecule has 20 heavy (non-hydrogen) atoms. The van der Waals surface area contributed by atoms with Crippen LogP contribution < -0.4 is 10.6 Å². The van der Waals surface area contributed by atoms with Crippen molar-refractivity contribution in [1.29, 1.82) is 0 Å². The Morgan fingerprint density at radius 3 is 2.65 bits per heavy atom. The topological polar surface area (TPSA) is 67.4 Å². The minimum Gasteiger partial charge on any atom is -0.376 e. The molecule has 2 amide bonds. The third kappa shape index (κ3) is 4.66. The van der Waals surface area contributed by atoms with Crippen LogP contribution in [0, 0.1) is 0 Å². The minimum absolute atomic E-state index is 0.00669. The maximum absolute atomic E-state index is 11.8. The van der Waals surface area contributed by atoms with E-state index in [9.17, 15) is 9.59 Å². The summed E-state index contributed by atoms with van der Waals surface area (Å²) in [6, 6.07) is 7.28. The van der Waals surface area contributed by atoms with E-state index in [2.05, 4.69) is 10.6 Å². The summed E-state index contributed by atoms with van der Waals surface area (Å²) in [5, 5.41) is 5.58. The summed E-state index contributed by atoms with van der Waals surface area (Å²) in [6.45, 7) is 2.85. The highest BCUT2D eigenvalue weighted by Crippen LogP contribution is 2.11. The standard InChI is InChI=1S/C15H20N2O3/c1-11(18)17-13-6-4-12(5-7-13)9-15(19)16-10-14-3-2-8-20-14/h4-7,14H,2-3,8-10H2,1H3,(H,16,19)(H,17,18)/t14-/m0/s1. The van der Waals surface area contributed by atoms with Crippen molar-refractivity contribution in [2.75, 3.05) is 18.5 Å². The van der Waals surface area contributed by atoms with E-state index >= 15 is 0 Å². The highest BCUT2D eigenvalue weighted by Gasteiger charge is 2.16. The number of amides is 2. The number of carbonyl (C=O) groups is 2. The first-order chi connectivity index (χ1) is 9.63. The van der Waals surface area contributed by atoms with Crippen LogP contribution >= 0.6 is 0 Å². The quantitative estimate of drug-likeness (QED) is 0.856. The molecule has 1 aromatic carbocycles. The van der Waals surface area contributed by atoms with Crippen LogP contribution in [-0.4, -0.2) is 31.1 Å². The van der Waals surface area contributed by atoms with Gasteiger partial charge in [-0.1, -0.05) is 12.1 Å². The van der Waals surface area contributed by atoms with Crippen LogP contribution in [0.3, 0.4) is 0 Å². The number of rotatable bonds is 5. The molecule has 2 rings (SSSR count). The molecule has 0 unspecified atom stereocenters. The molecule has 5 heteroatoms. The largest absolute Gasteiger partial charge is 0.376 e. The molecule has 1 heterocycles. The molecule has 108 valence electrons. The third-order valence-electron chi connectivity index (χ3n) is 3.19. The van der Waals surface area contributed by atoms with Gasteiger partial charge < -0.3 is 15.4 Å². The second-order valence-corrected chi connectivity index (χ2v) is 4.99. The normalized spacial score (nSPS) is 17.8. The number of ether oxygens (including phenoxy) is 1. The predicted molar refractivity (Wildman–Crippen MR) is 76.4 cm³/mol. The van der Waals surface area contributed by atoms with Crippen LogP contribution in [0.25, 0.3) is 0 Å². The van der Waals surface area contributed by atoms with Crippen LogP contribution in [0.4, 0.5) is 5.69 Å². The number of carbonyl (C=O) groups excluding carboxylic acids is 2. The molecule has 1 aliphatic rings. The van der Waals surface area contributed by atoms with Crippen LogP contribution in [0.5, 0.6) is 0 Å². The molecule has 0 aliphatic carbocycles. The Bertz CT molecular complexity index is 465. The molecule has 0 radical (unpaired) electrons. The van der Waals surface area contributed by atoms with Gasteiger partial charge in [0.25, 0.3) is 0 Å². The zero-order valence-electron chi connectivity index (χ0n) is 11.6. The van der Waals surface area contributed by atoms with Gasteiger partial charge in [-0.05, 0) is 30.5 Å². The van der Waals surface area contributed by atoms with Gasteiger partial charge in [-0.3, -0.25) is 9.59 Å². The van der Waals surface area contributed by atoms with Crippen molar-refractivity contribution >= 4 is 17.5 Å². The summed E-state index contributed by atoms with van der Waals surface area (Å²) in [5.74, 6) is -0.111. The Hall–Kier alpha value is -1.88. The zero-order chi connectivity index (χ0) is 14.4. The molecular weight excluding hydrogens is 256 g/mol. The maximum atomic E-state index is 11.8. The van der Waals surface area contributed by atoms with E-state index in [0.29, 0.717) is 13.0 Å². The molecule has 1 atom stereocenters. The van der Waals surface area contributed by atoms with E-state index in [0.717, 1.165) is 30.7 Å². The first kappa shape index (κ1) is 14.5. The van der Waals surface area contributed by atoms with E-state index < -0.39 is 0 Å². The Labute approximate surface area is 118 Å². The number of hydrogen-bond donors (Lipinski definition) is 2. The molecule has 0 bridgehead atoms. The summed E-state index contributed by atoms with van der Waals surface area (Å²) in [5.41, 5.74) is 1.66. The summed E-state index contributed by atoms with van der Waals surface area (Å²) in [4.78, 5) is 22.7. The average molecular weight is 276 g/mol. The van der Waals surface area contributed by atoms with Crippen LogP contribution in [-0.2, 0) is 20.7 Å². The van der Waals surface area contributed by atoms with E-state index in [4.69, 9.17) is 4.74 Å². The second-order valence-electron chi connectivity index (χ2n) is 4.99. The lowest BCUT2D eigenvalue weighted by atomic mass is 10.1. The van der Waals surface area contributed by atoms with Crippen LogP contribution in [0.1, 0.15) is 25.3 Å². The summed E-state index contributed by atoms with van der Waals surface area (Å²) < 4.78 is 5.45. The van der Waals surface area contributed by atoms with Gasteiger partial charge in [-0.15, -0.1) is 0 Å². The van der Waals surface area contributed by atoms with Crippen LogP contribution in [0.2, 0.25) is 0 Å². The number of hydrogen-bond acceptors (Lipinski definition) is 3. The fourth-order valence-corrected chi connectivity index (χ4v) is 2.19.